The highest BCUT2D eigenvalue weighted by Gasteiger charge is 2.27. The van der Waals surface area contributed by atoms with Crippen molar-refractivity contribution in [3.05, 3.63) is 0 Å². The Morgan fingerprint density at radius 2 is 2.38 bits per heavy atom. The van der Waals surface area contributed by atoms with Gasteiger partial charge in [0.05, 0.1) is 19.6 Å². The summed E-state index contributed by atoms with van der Waals surface area (Å²) < 4.78 is 4.70. The first-order valence-electron chi connectivity index (χ1n) is 4.69. The third-order valence-electron chi connectivity index (χ3n) is 2.67. The van der Waals surface area contributed by atoms with E-state index in [4.69, 9.17) is 10.3 Å². The molecule has 1 fully saturated rings. The van der Waals surface area contributed by atoms with E-state index in [0.717, 1.165) is 25.7 Å². The van der Waals surface area contributed by atoms with Crippen LogP contribution in [0.4, 0.5) is 0 Å². The van der Waals surface area contributed by atoms with Crippen LogP contribution in [0.2, 0.25) is 0 Å². The van der Waals surface area contributed by atoms with Gasteiger partial charge in [-0.3, -0.25) is 4.79 Å². The molecule has 1 aliphatic rings. The smallest absolute Gasteiger partial charge is 0.308 e. The van der Waals surface area contributed by atoms with E-state index in [2.05, 4.69) is 5.11 Å². The number of nitrogens with one attached hydrogen (secondary N) is 1. The van der Waals surface area contributed by atoms with Crippen LogP contribution in [0.5, 0.6) is 0 Å². The van der Waals surface area contributed by atoms with Crippen molar-refractivity contribution in [3.8, 4) is 0 Å². The Kier molecular flexibility index (Phi) is 3.86. The molecule has 74 valence electrons. The number of methoxy groups -OCH3 is 1. The third kappa shape index (κ3) is 2.79. The van der Waals surface area contributed by atoms with Gasteiger partial charge in [0, 0.05) is 0 Å². The summed E-state index contributed by atoms with van der Waals surface area (Å²) in [5, 5.41) is 3.38. The van der Waals surface area contributed by atoms with Crippen molar-refractivity contribution in [2.75, 3.05) is 13.7 Å². The van der Waals surface area contributed by atoms with Gasteiger partial charge < -0.3 is 4.74 Å². The molecule has 4 heteroatoms. The van der Waals surface area contributed by atoms with Crippen LogP contribution >= 0.6 is 0 Å². The summed E-state index contributed by atoms with van der Waals surface area (Å²) in [5.74, 6) is 0.357. The summed E-state index contributed by atoms with van der Waals surface area (Å²) in [5.41, 5.74) is 6.77. The molecule has 0 saturated heterocycles. The van der Waals surface area contributed by atoms with Crippen molar-refractivity contribution in [2.45, 2.75) is 25.7 Å². The standard InChI is InChI=1S/C9H16N2O2/c1-13-9(12)8-4-2-3-7(5-8)6-11-10/h7-8,10H,2-6H2,1H3/t7-,8+/m1/s1. The maximum Gasteiger partial charge on any atom is 0.308 e. The summed E-state index contributed by atoms with van der Waals surface area (Å²) in [6.45, 7) is 0.563. The molecule has 1 rings (SSSR count). The van der Waals surface area contributed by atoms with E-state index in [1.807, 2.05) is 0 Å². The van der Waals surface area contributed by atoms with E-state index in [1.165, 1.54) is 7.11 Å². The Balaban J connectivity index is 2.41. The maximum absolute atomic E-state index is 11.2. The number of hydrogen-bond donors (Lipinski definition) is 1. The van der Waals surface area contributed by atoms with Crippen LogP contribution in [0.25, 0.3) is 0 Å². The van der Waals surface area contributed by atoms with Crippen LogP contribution in [0, 0.1) is 17.4 Å². The average molecular weight is 184 g/mol. The van der Waals surface area contributed by atoms with Gasteiger partial charge in [-0.2, -0.15) is 5.11 Å². The lowest BCUT2D eigenvalue weighted by Crippen LogP contribution is -2.25. The molecule has 13 heavy (non-hydrogen) atoms. The number of carbonyl (C=O) groups excluding carboxylic acids is 1. The average Bonchev–Trinajstić information content (AvgIpc) is 2.18. The second kappa shape index (κ2) is 4.94. The highest BCUT2D eigenvalue weighted by atomic mass is 16.5. The predicted octanol–water partition coefficient (Wildman–Crippen LogP) is 2.00. The fourth-order valence-corrected chi connectivity index (χ4v) is 1.97. The van der Waals surface area contributed by atoms with Crippen LogP contribution in [0.1, 0.15) is 25.7 Å². The fraction of sp³-hybridized carbons (Fsp3) is 0.889. The molecular formula is C9H16N2O2. The lowest BCUT2D eigenvalue weighted by atomic mass is 9.81. The topological polar surface area (TPSA) is 62.5 Å². The molecule has 0 aromatic heterocycles. The molecule has 4 nitrogen and oxygen atoms in total. The van der Waals surface area contributed by atoms with Gasteiger partial charge >= 0.3 is 5.97 Å². The number of ether oxygens (including phenoxy) is 1. The summed E-state index contributed by atoms with van der Waals surface area (Å²) >= 11 is 0. The van der Waals surface area contributed by atoms with E-state index in [-0.39, 0.29) is 11.9 Å². The summed E-state index contributed by atoms with van der Waals surface area (Å²) in [7, 11) is 1.43. The molecule has 0 aromatic carbocycles. The molecule has 0 amide bonds. The maximum atomic E-state index is 11.2. The van der Waals surface area contributed by atoms with Crippen molar-refractivity contribution in [1.82, 2.24) is 0 Å². The second-order valence-electron chi connectivity index (χ2n) is 3.59. The zero-order valence-electron chi connectivity index (χ0n) is 7.95. The first kappa shape index (κ1) is 10.2. The Bertz CT molecular complexity index is 194. The molecule has 0 aliphatic heterocycles. The van der Waals surface area contributed by atoms with Gasteiger partial charge in [-0.05, 0) is 25.2 Å². The van der Waals surface area contributed by atoms with Crippen molar-refractivity contribution in [3.63, 3.8) is 0 Å². The highest BCUT2D eigenvalue weighted by Crippen LogP contribution is 2.29. The third-order valence-corrected chi connectivity index (χ3v) is 2.67. The molecule has 0 radical (unpaired) electrons. The van der Waals surface area contributed by atoms with Gasteiger partial charge in [0.25, 0.3) is 0 Å². The van der Waals surface area contributed by atoms with Gasteiger partial charge in [-0.15, -0.1) is 0 Å². The Hall–Kier alpha value is -0.930. The zero-order chi connectivity index (χ0) is 9.68. The zero-order valence-corrected chi connectivity index (χ0v) is 7.95. The molecule has 0 heterocycles. The Morgan fingerprint density at radius 3 is 3.00 bits per heavy atom. The molecular weight excluding hydrogens is 168 g/mol. The number of hydrogen-bond acceptors (Lipinski definition) is 4. The van der Waals surface area contributed by atoms with Gasteiger partial charge in [0.15, 0.2) is 0 Å². The first-order chi connectivity index (χ1) is 6.27. The first-order valence-corrected chi connectivity index (χ1v) is 4.69. The van der Waals surface area contributed by atoms with E-state index in [0.29, 0.717) is 12.5 Å². The molecule has 0 spiro atoms. The fourth-order valence-electron chi connectivity index (χ4n) is 1.97. The van der Waals surface area contributed by atoms with Crippen molar-refractivity contribution in [2.24, 2.45) is 17.0 Å². The monoisotopic (exact) mass is 184 g/mol. The van der Waals surface area contributed by atoms with E-state index >= 15 is 0 Å². The van der Waals surface area contributed by atoms with Crippen molar-refractivity contribution < 1.29 is 9.53 Å². The SMILES string of the molecule is COC(=O)[C@H]1CCC[C@@H](CN=N)C1. The minimum absolute atomic E-state index is 0.0468. The molecule has 1 aliphatic carbocycles. The van der Waals surface area contributed by atoms with E-state index < -0.39 is 0 Å². The van der Waals surface area contributed by atoms with Crippen LogP contribution in [0.15, 0.2) is 5.11 Å². The molecule has 0 unspecified atom stereocenters. The van der Waals surface area contributed by atoms with Crippen LogP contribution in [0.3, 0.4) is 0 Å². The number of nitrogens with zero attached hydrogens (tertiary/aromatic N) is 1. The minimum atomic E-state index is -0.102. The van der Waals surface area contributed by atoms with Crippen molar-refractivity contribution in [1.29, 1.82) is 5.53 Å². The summed E-state index contributed by atoms with van der Waals surface area (Å²) in [6, 6.07) is 0. The molecule has 1 saturated carbocycles. The predicted molar refractivity (Wildman–Crippen MR) is 47.5 cm³/mol. The van der Waals surface area contributed by atoms with Crippen LogP contribution in [-0.4, -0.2) is 19.6 Å². The van der Waals surface area contributed by atoms with Gasteiger partial charge in [-0.25, -0.2) is 5.53 Å². The van der Waals surface area contributed by atoms with Gasteiger partial charge in [0.2, 0.25) is 0 Å². The number of rotatable bonds is 3. The van der Waals surface area contributed by atoms with Gasteiger partial charge in [-0.1, -0.05) is 6.42 Å². The molecule has 2 atom stereocenters. The Morgan fingerprint density at radius 1 is 1.62 bits per heavy atom. The number of carbonyl (C=O) groups is 1. The van der Waals surface area contributed by atoms with Crippen LogP contribution < -0.4 is 0 Å². The summed E-state index contributed by atoms with van der Waals surface area (Å²) in [4.78, 5) is 11.2. The molecule has 1 N–H and O–H groups in total. The van der Waals surface area contributed by atoms with Gasteiger partial charge in [0.1, 0.15) is 0 Å². The largest absolute Gasteiger partial charge is 0.469 e. The lowest BCUT2D eigenvalue weighted by Gasteiger charge is -2.25. The minimum Gasteiger partial charge on any atom is -0.469 e. The van der Waals surface area contributed by atoms with E-state index in [1.54, 1.807) is 0 Å². The highest BCUT2D eigenvalue weighted by molar-refractivity contribution is 5.72. The van der Waals surface area contributed by atoms with Crippen molar-refractivity contribution >= 4 is 5.97 Å². The number of esters is 1. The second-order valence-corrected chi connectivity index (χ2v) is 3.59. The Labute approximate surface area is 78.2 Å². The van der Waals surface area contributed by atoms with E-state index in [9.17, 15) is 4.79 Å². The molecule has 0 bridgehead atoms. The van der Waals surface area contributed by atoms with Crippen LogP contribution in [-0.2, 0) is 9.53 Å². The summed E-state index contributed by atoms with van der Waals surface area (Å²) in [6.07, 6.45) is 3.92. The lowest BCUT2D eigenvalue weighted by molar-refractivity contribution is -0.147. The normalized spacial score (nSPS) is 28.1. The molecule has 0 aromatic rings. The quantitative estimate of drug-likeness (QED) is 0.538.